The number of nitrogens with one attached hydrogen (secondary N) is 2. The highest BCUT2D eigenvalue weighted by atomic mass is 32.2. The van der Waals surface area contributed by atoms with Crippen LogP contribution in [0.3, 0.4) is 0 Å². The molecule has 138 valence electrons. The molecular weight excluding hydrogens is 344 g/mol. The van der Waals surface area contributed by atoms with Crippen LogP contribution < -0.4 is 10.6 Å². The van der Waals surface area contributed by atoms with E-state index in [1.807, 2.05) is 6.07 Å². The quantitative estimate of drug-likeness (QED) is 0.396. The zero-order chi connectivity index (χ0) is 18.2. The topological polar surface area (TPSA) is 73.8 Å². The van der Waals surface area contributed by atoms with E-state index in [1.54, 1.807) is 27.2 Å². The Morgan fingerprint density at radius 1 is 1.33 bits per heavy atom. The number of hydrogen-bond donors (Lipinski definition) is 2. The average molecular weight is 375 g/mol. The fourth-order valence-corrected chi connectivity index (χ4v) is 4.61. The molecular formula is C16H30N4O2S2. The molecule has 2 N–H and O–H groups in total. The fourth-order valence-electron chi connectivity index (χ4n) is 2.14. The Bertz CT molecular complexity index is 624. The SMILES string of the molecule is CCCCCC(C)NC(=NC)NCc1ccc(S(=O)(=O)N(C)C)s1. The zero-order valence-electron chi connectivity index (χ0n) is 15.3. The van der Waals surface area contributed by atoms with Crippen LogP contribution in [-0.4, -0.2) is 45.9 Å². The molecule has 0 amide bonds. The van der Waals surface area contributed by atoms with Crippen molar-refractivity contribution in [2.45, 2.75) is 56.3 Å². The Morgan fingerprint density at radius 3 is 2.62 bits per heavy atom. The van der Waals surface area contributed by atoms with E-state index in [1.165, 1.54) is 34.9 Å². The van der Waals surface area contributed by atoms with Crippen molar-refractivity contribution in [1.29, 1.82) is 0 Å². The zero-order valence-corrected chi connectivity index (χ0v) is 16.9. The van der Waals surface area contributed by atoms with Gasteiger partial charge >= 0.3 is 0 Å². The Balaban J connectivity index is 2.54. The predicted molar refractivity (Wildman–Crippen MR) is 102 cm³/mol. The first-order chi connectivity index (χ1) is 11.3. The molecule has 0 saturated carbocycles. The maximum absolute atomic E-state index is 12.1. The summed E-state index contributed by atoms with van der Waals surface area (Å²) in [4.78, 5) is 5.18. The number of aliphatic imine (C=N–C) groups is 1. The Kier molecular flexibility index (Phi) is 8.72. The standard InChI is InChI=1S/C16H30N4O2S2/c1-6-7-8-9-13(2)19-16(17-3)18-12-14-10-11-15(23-14)24(21,22)20(4)5/h10-11,13H,6-9,12H2,1-5H3,(H2,17,18,19). The molecule has 0 bridgehead atoms. The van der Waals surface area contributed by atoms with E-state index in [-0.39, 0.29) is 0 Å². The third-order valence-electron chi connectivity index (χ3n) is 3.65. The molecule has 0 aromatic carbocycles. The summed E-state index contributed by atoms with van der Waals surface area (Å²) in [6.45, 7) is 4.90. The lowest BCUT2D eigenvalue weighted by molar-refractivity contribution is 0.523. The van der Waals surface area contributed by atoms with E-state index in [4.69, 9.17) is 0 Å². The Labute approximate surface area is 150 Å². The molecule has 1 aromatic heterocycles. The molecule has 0 fully saturated rings. The maximum Gasteiger partial charge on any atom is 0.252 e. The number of hydrogen-bond acceptors (Lipinski definition) is 4. The van der Waals surface area contributed by atoms with Gasteiger partial charge in [0.25, 0.3) is 10.0 Å². The van der Waals surface area contributed by atoms with Crippen LogP contribution in [0, 0.1) is 0 Å². The number of unbranched alkanes of at least 4 members (excludes halogenated alkanes) is 2. The summed E-state index contributed by atoms with van der Waals surface area (Å²) >= 11 is 1.28. The van der Waals surface area contributed by atoms with Crippen molar-refractivity contribution in [3.05, 3.63) is 17.0 Å². The summed E-state index contributed by atoms with van der Waals surface area (Å²) in [5.74, 6) is 0.740. The minimum absolute atomic E-state index is 0.357. The van der Waals surface area contributed by atoms with Crippen LogP contribution in [0.1, 0.15) is 44.4 Å². The van der Waals surface area contributed by atoms with Crippen LogP contribution in [0.25, 0.3) is 0 Å². The molecule has 0 aliphatic rings. The van der Waals surface area contributed by atoms with Crippen molar-refractivity contribution < 1.29 is 8.42 Å². The summed E-state index contributed by atoms with van der Waals surface area (Å²) in [5.41, 5.74) is 0. The van der Waals surface area contributed by atoms with Gasteiger partial charge in [-0.2, -0.15) is 0 Å². The molecule has 24 heavy (non-hydrogen) atoms. The lowest BCUT2D eigenvalue weighted by Crippen LogP contribution is -2.41. The first kappa shape index (κ1) is 20.9. The van der Waals surface area contributed by atoms with Gasteiger partial charge in [0.2, 0.25) is 0 Å². The smallest absolute Gasteiger partial charge is 0.252 e. The summed E-state index contributed by atoms with van der Waals surface area (Å²) in [6, 6.07) is 3.85. The van der Waals surface area contributed by atoms with Gasteiger partial charge in [0, 0.05) is 32.1 Å². The van der Waals surface area contributed by atoms with Crippen molar-refractivity contribution in [2.24, 2.45) is 4.99 Å². The number of nitrogens with zero attached hydrogens (tertiary/aromatic N) is 2. The molecule has 1 heterocycles. The predicted octanol–water partition coefficient (Wildman–Crippen LogP) is 2.63. The van der Waals surface area contributed by atoms with Crippen LogP contribution in [0.2, 0.25) is 0 Å². The second-order valence-electron chi connectivity index (χ2n) is 5.98. The molecule has 0 spiro atoms. The second-order valence-corrected chi connectivity index (χ2v) is 9.52. The number of guanidine groups is 1. The first-order valence-electron chi connectivity index (χ1n) is 8.29. The number of thiophene rings is 1. The third-order valence-corrected chi connectivity index (χ3v) is 7.02. The molecule has 6 nitrogen and oxygen atoms in total. The van der Waals surface area contributed by atoms with Gasteiger partial charge in [-0.15, -0.1) is 11.3 Å². The van der Waals surface area contributed by atoms with Crippen LogP contribution >= 0.6 is 11.3 Å². The van der Waals surface area contributed by atoms with Crippen molar-refractivity contribution in [2.75, 3.05) is 21.1 Å². The van der Waals surface area contributed by atoms with Gasteiger partial charge in [0.15, 0.2) is 5.96 Å². The van der Waals surface area contributed by atoms with Crippen molar-refractivity contribution in [1.82, 2.24) is 14.9 Å². The monoisotopic (exact) mass is 374 g/mol. The first-order valence-corrected chi connectivity index (χ1v) is 10.5. The molecule has 1 rings (SSSR count). The largest absolute Gasteiger partial charge is 0.354 e. The number of sulfonamides is 1. The molecule has 0 aliphatic heterocycles. The molecule has 0 radical (unpaired) electrons. The molecule has 1 aromatic rings. The van der Waals surface area contributed by atoms with Gasteiger partial charge < -0.3 is 10.6 Å². The molecule has 1 atom stereocenters. The summed E-state index contributed by atoms with van der Waals surface area (Å²) in [7, 11) is 1.47. The van der Waals surface area contributed by atoms with E-state index < -0.39 is 10.0 Å². The van der Waals surface area contributed by atoms with Crippen LogP contribution in [0.5, 0.6) is 0 Å². The Morgan fingerprint density at radius 2 is 2.04 bits per heavy atom. The van der Waals surface area contributed by atoms with Crippen LogP contribution in [0.4, 0.5) is 0 Å². The highest BCUT2D eigenvalue weighted by Gasteiger charge is 2.19. The summed E-state index contributed by atoms with van der Waals surface area (Å²) in [5, 5.41) is 6.61. The molecule has 0 aliphatic carbocycles. The maximum atomic E-state index is 12.1. The van der Waals surface area contributed by atoms with Gasteiger partial charge in [0.05, 0.1) is 6.54 Å². The van der Waals surface area contributed by atoms with E-state index in [2.05, 4.69) is 29.5 Å². The highest BCUT2D eigenvalue weighted by molar-refractivity contribution is 7.91. The van der Waals surface area contributed by atoms with E-state index >= 15 is 0 Å². The van der Waals surface area contributed by atoms with Gasteiger partial charge in [-0.1, -0.05) is 26.2 Å². The fraction of sp³-hybridized carbons (Fsp3) is 0.688. The minimum atomic E-state index is -3.35. The normalized spacial score (nSPS) is 14.0. The lowest BCUT2D eigenvalue weighted by atomic mass is 10.1. The molecule has 0 saturated heterocycles. The molecule has 8 heteroatoms. The van der Waals surface area contributed by atoms with E-state index in [0.29, 0.717) is 16.8 Å². The lowest BCUT2D eigenvalue weighted by Gasteiger charge is -2.17. The second kappa shape index (κ2) is 10.0. The van der Waals surface area contributed by atoms with E-state index in [9.17, 15) is 8.42 Å². The van der Waals surface area contributed by atoms with Crippen molar-refractivity contribution in [3.63, 3.8) is 0 Å². The van der Waals surface area contributed by atoms with Gasteiger partial charge in [-0.25, -0.2) is 12.7 Å². The minimum Gasteiger partial charge on any atom is -0.354 e. The Hall–Kier alpha value is -1.12. The van der Waals surface area contributed by atoms with Crippen molar-refractivity contribution in [3.8, 4) is 0 Å². The molecule has 1 unspecified atom stereocenters. The highest BCUT2D eigenvalue weighted by Crippen LogP contribution is 2.23. The van der Waals surface area contributed by atoms with Gasteiger partial charge in [-0.05, 0) is 25.5 Å². The van der Waals surface area contributed by atoms with Crippen LogP contribution in [0.15, 0.2) is 21.3 Å². The number of rotatable bonds is 9. The third kappa shape index (κ3) is 6.41. The summed E-state index contributed by atoms with van der Waals surface area (Å²) in [6.07, 6.45) is 4.78. The van der Waals surface area contributed by atoms with Gasteiger partial charge in [0.1, 0.15) is 4.21 Å². The average Bonchev–Trinajstić information content (AvgIpc) is 3.01. The van der Waals surface area contributed by atoms with Gasteiger partial charge in [-0.3, -0.25) is 4.99 Å². The summed E-state index contributed by atoms with van der Waals surface area (Å²) < 4.78 is 25.8. The van der Waals surface area contributed by atoms with Crippen LogP contribution in [-0.2, 0) is 16.6 Å². The van der Waals surface area contributed by atoms with Crippen molar-refractivity contribution >= 4 is 27.3 Å². The van der Waals surface area contributed by atoms with E-state index in [0.717, 1.165) is 17.3 Å².